The summed E-state index contributed by atoms with van der Waals surface area (Å²) < 4.78 is 0. The first-order valence-electron chi connectivity index (χ1n) is 29.8. The lowest BCUT2D eigenvalue weighted by Crippen LogP contribution is -2.46. The SMILES string of the molecule is CC(C)(C)C1C=C=CC2=C([C@@H]3CCCCC([C@@H]4CC[C@@H]5CC[C@@H]6CCCC7CCC4C5[C@H]6C7)C3)[C@H]3CC(C(C)(C)C)CCC3[C@@H](c3cccc4c3C(C3CCCCCC3)CCCC4)C2C1. The first-order chi connectivity index (χ1) is 31.5. The van der Waals surface area contributed by atoms with Crippen LogP contribution in [0.5, 0.6) is 0 Å². The minimum Gasteiger partial charge on any atom is -0.125 e. The Morgan fingerprint density at radius 3 is 2.05 bits per heavy atom. The lowest BCUT2D eigenvalue weighted by molar-refractivity contribution is -0.0382. The van der Waals surface area contributed by atoms with Gasteiger partial charge < -0.3 is 0 Å². The molecule has 7 saturated carbocycles. The van der Waals surface area contributed by atoms with Crippen molar-refractivity contribution in [3.05, 3.63) is 63.9 Å². The highest BCUT2D eigenvalue weighted by molar-refractivity contribution is 5.48. The molecule has 1 aromatic carbocycles. The van der Waals surface area contributed by atoms with Gasteiger partial charge in [0, 0.05) is 0 Å². The number of hydrogen-bond acceptors (Lipinski definition) is 0. The van der Waals surface area contributed by atoms with Gasteiger partial charge in [-0.25, -0.2) is 0 Å². The third-order valence-electron chi connectivity index (χ3n) is 23.1. The highest BCUT2D eigenvalue weighted by atomic mass is 14.6. The van der Waals surface area contributed by atoms with Crippen molar-refractivity contribution in [2.45, 2.75) is 240 Å². The Morgan fingerprint density at radius 1 is 0.492 bits per heavy atom. The molecule has 0 heteroatoms. The summed E-state index contributed by atoms with van der Waals surface area (Å²) in [5, 5.41) is 0. The van der Waals surface area contributed by atoms with Crippen LogP contribution in [0.4, 0.5) is 0 Å². The van der Waals surface area contributed by atoms with Crippen molar-refractivity contribution in [3.8, 4) is 0 Å². The zero-order chi connectivity index (χ0) is 44.5. The Bertz CT molecular complexity index is 1890. The molecule has 0 radical (unpaired) electrons. The second-order valence-electron chi connectivity index (χ2n) is 28.2. The monoisotopic (exact) mass is 879 g/mol. The van der Waals surface area contributed by atoms with Crippen LogP contribution in [0, 0.1) is 99.6 Å². The third-order valence-corrected chi connectivity index (χ3v) is 23.1. The van der Waals surface area contributed by atoms with Crippen LogP contribution in [0.2, 0.25) is 0 Å². The summed E-state index contributed by atoms with van der Waals surface area (Å²) in [5.74, 6) is 15.1. The van der Waals surface area contributed by atoms with Crippen molar-refractivity contribution in [1.82, 2.24) is 0 Å². The summed E-state index contributed by atoms with van der Waals surface area (Å²) in [4.78, 5) is 0. The largest absolute Gasteiger partial charge is 0.125 e. The second kappa shape index (κ2) is 19.0. The number of allylic oxidation sites excluding steroid dienone is 3. The normalized spacial score (nSPS) is 42.8. The number of hydrogen-bond donors (Lipinski definition) is 0. The van der Waals surface area contributed by atoms with E-state index in [1.165, 1.54) is 116 Å². The van der Waals surface area contributed by atoms with E-state index in [-0.39, 0.29) is 5.41 Å². The van der Waals surface area contributed by atoms with Crippen molar-refractivity contribution < 1.29 is 0 Å². The smallest absolute Gasteiger partial charge is 0.00557 e. The van der Waals surface area contributed by atoms with Crippen LogP contribution in [-0.2, 0) is 6.42 Å². The first-order valence-corrected chi connectivity index (χ1v) is 29.8. The molecule has 1 aromatic rings. The van der Waals surface area contributed by atoms with E-state index in [4.69, 9.17) is 0 Å². The van der Waals surface area contributed by atoms with Crippen molar-refractivity contribution in [2.24, 2.45) is 99.6 Å². The Kier molecular flexibility index (Phi) is 13.4. The fourth-order valence-corrected chi connectivity index (χ4v) is 20.0. The van der Waals surface area contributed by atoms with Gasteiger partial charge in [-0.3, -0.25) is 0 Å². The van der Waals surface area contributed by atoms with E-state index in [2.05, 4.69) is 83.2 Å². The molecule has 65 heavy (non-hydrogen) atoms. The van der Waals surface area contributed by atoms with Gasteiger partial charge in [0.1, 0.15) is 0 Å². The summed E-state index contributed by atoms with van der Waals surface area (Å²) in [6, 6.07) is 7.99. The molecule has 0 N–H and O–H groups in total. The maximum Gasteiger partial charge on any atom is -0.00557 e. The topological polar surface area (TPSA) is 0 Å². The molecule has 2 bridgehead atoms. The molecule has 0 amide bonds. The van der Waals surface area contributed by atoms with Gasteiger partial charge >= 0.3 is 0 Å². The Hall–Kier alpha value is -1.52. The van der Waals surface area contributed by atoms with Crippen LogP contribution in [0.1, 0.15) is 250 Å². The highest BCUT2D eigenvalue weighted by Gasteiger charge is 2.54. The van der Waals surface area contributed by atoms with Gasteiger partial charge in [0.25, 0.3) is 0 Å². The standard InChI is InChI=1S/C65H98/c1-64(2,3)49-26-17-28-53-59(40-49)63(56-29-16-25-45-21-13-14-27-52(60(45)56)43-19-9-7-8-10-20-43)55-37-34-50(65(4,5)6)41-58(55)62(53)48-23-12-11-22-47(39-48)51-36-33-46-32-31-44-24-15-18-42-30-35-54(51)61(46)57(44)38-42/h16,25-26,28-29,42-44,46-52,54-55,57-59,61,63H,7-15,18-24,27,30-41H2,1-6H3/t42?,44-,46-,47?,48+,49?,50?,51-,52?,54?,55?,57-,58-,59?,61?,63-/m0/s1. The van der Waals surface area contributed by atoms with E-state index in [1.807, 2.05) is 16.7 Å². The molecule has 16 atom stereocenters. The zero-order valence-corrected chi connectivity index (χ0v) is 43.2. The first kappa shape index (κ1) is 45.9. The summed E-state index contributed by atoms with van der Waals surface area (Å²) in [5.41, 5.74) is 14.2. The molecule has 10 aliphatic carbocycles. The van der Waals surface area contributed by atoms with Crippen molar-refractivity contribution in [2.75, 3.05) is 0 Å². The van der Waals surface area contributed by atoms with Crippen LogP contribution >= 0.6 is 0 Å². The lowest BCUT2D eigenvalue weighted by atomic mass is 9.50. The van der Waals surface area contributed by atoms with E-state index >= 15 is 0 Å². The van der Waals surface area contributed by atoms with Gasteiger partial charge in [0.15, 0.2) is 0 Å². The van der Waals surface area contributed by atoms with Crippen molar-refractivity contribution in [1.29, 1.82) is 0 Å². The average molecular weight is 879 g/mol. The average Bonchev–Trinajstić information content (AvgIpc) is 3.96. The van der Waals surface area contributed by atoms with Crippen LogP contribution in [0.15, 0.2) is 47.2 Å². The number of aryl methyl sites for hydroxylation is 1. The third kappa shape index (κ3) is 8.99. The maximum absolute atomic E-state index is 4.09. The molecule has 0 spiro atoms. The summed E-state index contributed by atoms with van der Waals surface area (Å²) in [7, 11) is 0. The van der Waals surface area contributed by atoms with E-state index in [0.29, 0.717) is 23.2 Å². The molecule has 10 aliphatic rings. The van der Waals surface area contributed by atoms with Crippen molar-refractivity contribution in [3.63, 3.8) is 0 Å². The van der Waals surface area contributed by atoms with E-state index in [0.717, 1.165) is 82.9 Å². The van der Waals surface area contributed by atoms with E-state index in [1.54, 1.807) is 76.2 Å². The van der Waals surface area contributed by atoms with Gasteiger partial charge in [0.05, 0.1) is 0 Å². The highest BCUT2D eigenvalue weighted by Crippen LogP contribution is 2.65. The molecule has 11 rings (SSSR count). The fourth-order valence-electron chi connectivity index (χ4n) is 20.0. The minimum atomic E-state index is 0.249. The molecule has 358 valence electrons. The number of rotatable bonds is 4. The molecule has 0 saturated heterocycles. The number of fused-ring (bicyclic) bond motifs is 4. The van der Waals surface area contributed by atoms with Crippen LogP contribution < -0.4 is 0 Å². The summed E-state index contributed by atoms with van der Waals surface area (Å²) in [6.07, 6.45) is 48.8. The van der Waals surface area contributed by atoms with Crippen LogP contribution in [-0.4, -0.2) is 0 Å². The fraction of sp³-hybridized carbons (Fsp3) is 0.831. The van der Waals surface area contributed by atoms with Gasteiger partial charge in [0.2, 0.25) is 0 Å². The van der Waals surface area contributed by atoms with Gasteiger partial charge in [-0.15, -0.1) is 5.73 Å². The molecule has 9 unspecified atom stereocenters. The molecule has 0 heterocycles. The Labute approximate surface area is 401 Å². The predicted octanol–water partition coefficient (Wildman–Crippen LogP) is 18.8. The Balaban J connectivity index is 1.02. The second-order valence-corrected chi connectivity index (χ2v) is 28.2. The number of benzene rings is 1. The van der Waals surface area contributed by atoms with Crippen molar-refractivity contribution >= 4 is 0 Å². The molecule has 0 aromatic heterocycles. The molecule has 0 nitrogen and oxygen atoms in total. The molecule has 7 fully saturated rings. The summed E-state index contributed by atoms with van der Waals surface area (Å²) in [6.45, 7) is 15.5. The van der Waals surface area contributed by atoms with Gasteiger partial charge in [-0.05, 0) is 255 Å². The van der Waals surface area contributed by atoms with Gasteiger partial charge in [-0.2, -0.15) is 0 Å². The molecular formula is C65H98. The quantitative estimate of drug-likeness (QED) is 0.161. The molecule has 0 aliphatic heterocycles. The predicted molar refractivity (Wildman–Crippen MR) is 276 cm³/mol. The Morgan fingerprint density at radius 2 is 1.22 bits per heavy atom. The van der Waals surface area contributed by atoms with Crippen LogP contribution in [0.25, 0.3) is 0 Å². The molecular weight excluding hydrogens is 781 g/mol. The van der Waals surface area contributed by atoms with Gasteiger partial charge in [-0.1, -0.05) is 142 Å². The van der Waals surface area contributed by atoms with E-state index in [9.17, 15) is 0 Å². The van der Waals surface area contributed by atoms with Crippen LogP contribution in [0.3, 0.4) is 0 Å². The lowest BCUT2D eigenvalue weighted by Gasteiger charge is -2.55. The summed E-state index contributed by atoms with van der Waals surface area (Å²) >= 11 is 0. The minimum absolute atomic E-state index is 0.249. The van der Waals surface area contributed by atoms with E-state index < -0.39 is 0 Å². The zero-order valence-electron chi connectivity index (χ0n) is 43.2. The maximum atomic E-state index is 4.09.